The van der Waals surface area contributed by atoms with Crippen LogP contribution in [-0.2, 0) is 6.54 Å². The van der Waals surface area contributed by atoms with Crippen LogP contribution in [0.1, 0.15) is 35.8 Å². The molecule has 1 aliphatic rings. The van der Waals surface area contributed by atoms with E-state index in [1.165, 1.54) is 5.56 Å². The largest absolute Gasteiger partial charge is 0.388 e. The Morgan fingerprint density at radius 1 is 1.10 bits per heavy atom. The molecule has 0 aromatic heterocycles. The van der Waals surface area contributed by atoms with Gasteiger partial charge in [-0.1, -0.05) is 54.9 Å². The van der Waals surface area contributed by atoms with E-state index >= 15 is 0 Å². The first-order chi connectivity index (χ1) is 10.1. The molecule has 0 amide bonds. The van der Waals surface area contributed by atoms with Crippen LogP contribution in [0.4, 0.5) is 0 Å². The van der Waals surface area contributed by atoms with E-state index in [0.29, 0.717) is 0 Å². The lowest BCUT2D eigenvalue weighted by Gasteiger charge is -2.29. The molecule has 1 aliphatic carbocycles. The Hall–Kier alpha value is -1.35. The van der Waals surface area contributed by atoms with E-state index in [0.717, 1.165) is 22.7 Å². The predicted octanol–water partition coefficient (Wildman–Crippen LogP) is 4.20. The van der Waals surface area contributed by atoms with Crippen LogP contribution in [0.25, 0.3) is 0 Å². The Kier molecular flexibility index (Phi) is 4.03. The van der Waals surface area contributed by atoms with Crippen LogP contribution in [0.15, 0.2) is 48.5 Å². The molecule has 110 valence electrons. The minimum Gasteiger partial charge on any atom is -0.388 e. The second-order valence-electron chi connectivity index (χ2n) is 5.92. The molecule has 0 saturated heterocycles. The number of benzene rings is 2. The van der Waals surface area contributed by atoms with Crippen molar-refractivity contribution >= 4 is 11.6 Å². The van der Waals surface area contributed by atoms with E-state index in [2.05, 4.69) is 43.1 Å². The fraction of sp³-hybridized carbons (Fsp3) is 0.333. The summed E-state index contributed by atoms with van der Waals surface area (Å²) in [6.07, 6.45) is -0.416. The number of hydrogen-bond acceptors (Lipinski definition) is 2. The fourth-order valence-corrected chi connectivity index (χ4v) is 3.60. The molecule has 3 heteroatoms. The van der Waals surface area contributed by atoms with Gasteiger partial charge in [-0.3, -0.25) is 4.90 Å². The van der Waals surface area contributed by atoms with Gasteiger partial charge < -0.3 is 5.11 Å². The SMILES string of the molecule is CC1C(O)c2ccc(Cl)cc2C1N(C)Cc1ccccc1. The van der Waals surface area contributed by atoms with Crippen LogP contribution >= 0.6 is 11.6 Å². The molecule has 0 heterocycles. The number of rotatable bonds is 3. The maximum atomic E-state index is 10.5. The first kappa shape index (κ1) is 14.6. The minimum absolute atomic E-state index is 0.159. The molecule has 3 rings (SSSR count). The Balaban J connectivity index is 1.90. The monoisotopic (exact) mass is 301 g/mol. The smallest absolute Gasteiger partial charge is 0.0837 e. The van der Waals surface area contributed by atoms with Gasteiger partial charge in [-0.25, -0.2) is 0 Å². The van der Waals surface area contributed by atoms with Gasteiger partial charge in [0.2, 0.25) is 0 Å². The highest BCUT2D eigenvalue weighted by molar-refractivity contribution is 6.30. The number of aliphatic hydroxyl groups excluding tert-OH is 1. The Morgan fingerprint density at radius 3 is 2.52 bits per heavy atom. The highest BCUT2D eigenvalue weighted by atomic mass is 35.5. The first-order valence-corrected chi connectivity index (χ1v) is 7.67. The molecule has 0 fully saturated rings. The second-order valence-corrected chi connectivity index (χ2v) is 6.36. The van der Waals surface area contributed by atoms with E-state index in [1.54, 1.807) is 0 Å². The predicted molar refractivity (Wildman–Crippen MR) is 86.2 cm³/mol. The number of fused-ring (bicyclic) bond motifs is 1. The van der Waals surface area contributed by atoms with Crippen molar-refractivity contribution in [1.29, 1.82) is 0 Å². The van der Waals surface area contributed by atoms with Crippen molar-refractivity contribution in [3.05, 3.63) is 70.2 Å². The summed E-state index contributed by atoms with van der Waals surface area (Å²) in [5.41, 5.74) is 3.44. The molecular formula is C18H20ClNO. The average Bonchev–Trinajstić information content (AvgIpc) is 2.71. The fourth-order valence-electron chi connectivity index (χ4n) is 3.42. The molecule has 0 bridgehead atoms. The first-order valence-electron chi connectivity index (χ1n) is 7.29. The van der Waals surface area contributed by atoms with E-state index in [1.807, 2.05) is 24.3 Å². The van der Waals surface area contributed by atoms with E-state index in [-0.39, 0.29) is 12.0 Å². The van der Waals surface area contributed by atoms with E-state index in [9.17, 15) is 5.11 Å². The van der Waals surface area contributed by atoms with Crippen molar-refractivity contribution in [2.75, 3.05) is 7.05 Å². The molecule has 0 spiro atoms. The maximum Gasteiger partial charge on any atom is 0.0837 e. The molecule has 2 aromatic carbocycles. The van der Waals surface area contributed by atoms with Crippen molar-refractivity contribution in [1.82, 2.24) is 4.90 Å². The van der Waals surface area contributed by atoms with Crippen molar-refractivity contribution < 1.29 is 5.11 Å². The van der Waals surface area contributed by atoms with Gasteiger partial charge in [0, 0.05) is 23.5 Å². The Morgan fingerprint density at radius 2 is 1.81 bits per heavy atom. The summed E-state index contributed by atoms with van der Waals surface area (Å²) in [5.74, 6) is 0.159. The summed E-state index contributed by atoms with van der Waals surface area (Å²) in [6.45, 7) is 2.96. The Bertz CT molecular complexity index is 628. The number of halogens is 1. The number of hydrogen-bond donors (Lipinski definition) is 1. The van der Waals surface area contributed by atoms with Crippen LogP contribution in [0, 0.1) is 5.92 Å². The van der Waals surface area contributed by atoms with Gasteiger partial charge in [0.05, 0.1) is 6.10 Å². The van der Waals surface area contributed by atoms with E-state index in [4.69, 9.17) is 11.6 Å². The summed E-state index contributed by atoms with van der Waals surface area (Å²) < 4.78 is 0. The van der Waals surface area contributed by atoms with Crippen molar-refractivity contribution in [3.63, 3.8) is 0 Å². The number of nitrogens with zero attached hydrogens (tertiary/aromatic N) is 1. The van der Waals surface area contributed by atoms with E-state index < -0.39 is 6.10 Å². The minimum atomic E-state index is -0.416. The summed E-state index contributed by atoms with van der Waals surface area (Å²) >= 11 is 6.15. The summed E-state index contributed by atoms with van der Waals surface area (Å²) in [7, 11) is 2.11. The van der Waals surface area contributed by atoms with Crippen molar-refractivity contribution in [2.45, 2.75) is 25.6 Å². The molecule has 3 atom stereocenters. The van der Waals surface area contributed by atoms with Crippen LogP contribution < -0.4 is 0 Å². The summed E-state index contributed by atoms with van der Waals surface area (Å²) in [5, 5.41) is 11.2. The third-order valence-corrected chi connectivity index (χ3v) is 4.67. The molecule has 2 nitrogen and oxygen atoms in total. The lowest BCUT2D eigenvalue weighted by Crippen LogP contribution is -2.27. The quantitative estimate of drug-likeness (QED) is 0.918. The van der Waals surface area contributed by atoms with Gasteiger partial charge in [-0.2, -0.15) is 0 Å². The van der Waals surface area contributed by atoms with Crippen molar-refractivity contribution in [3.8, 4) is 0 Å². The third-order valence-electron chi connectivity index (χ3n) is 4.43. The van der Waals surface area contributed by atoms with Gasteiger partial charge in [0.15, 0.2) is 0 Å². The normalized spacial score (nSPS) is 24.3. The highest BCUT2D eigenvalue weighted by Gasteiger charge is 2.39. The van der Waals surface area contributed by atoms with Crippen molar-refractivity contribution in [2.24, 2.45) is 5.92 Å². The lowest BCUT2D eigenvalue weighted by atomic mass is 9.99. The van der Waals surface area contributed by atoms with Gasteiger partial charge in [-0.05, 0) is 35.9 Å². The molecule has 3 unspecified atom stereocenters. The highest BCUT2D eigenvalue weighted by Crippen LogP contribution is 2.47. The van der Waals surface area contributed by atoms with Gasteiger partial charge in [0.25, 0.3) is 0 Å². The standard InChI is InChI=1S/C18H20ClNO/c1-12-17(20(2)11-13-6-4-3-5-7-13)16-10-14(19)8-9-15(16)18(12)21/h3-10,12,17-18,21H,11H2,1-2H3. The second kappa shape index (κ2) is 5.80. The van der Waals surface area contributed by atoms with Gasteiger partial charge >= 0.3 is 0 Å². The Labute approximate surface area is 131 Å². The summed E-state index contributed by atoms with van der Waals surface area (Å²) in [4.78, 5) is 2.30. The van der Waals surface area contributed by atoms with Crippen LogP contribution in [0.3, 0.4) is 0 Å². The third kappa shape index (κ3) is 2.71. The molecule has 0 saturated carbocycles. The summed E-state index contributed by atoms with van der Waals surface area (Å²) in [6, 6.07) is 16.4. The molecule has 0 aliphatic heterocycles. The zero-order valence-corrected chi connectivity index (χ0v) is 13.1. The molecule has 21 heavy (non-hydrogen) atoms. The zero-order valence-electron chi connectivity index (χ0n) is 12.3. The molecule has 1 N–H and O–H groups in total. The maximum absolute atomic E-state index is 10.5. The lowest BCUT2D eigenvalue weighted by molar-refractivity contribution is 0.0754. The van der Waals surface area contributed by atoms with Crippen LogP contribution in [-0.4, -0.2) is 17.1 Å². The number of aliphatic hydroxyl groups is 1. The van der Waals surface area contributed by atoms with Crippen LogP contribution in [0.5, 0.6) is 0 Å². The molecular weight excluding hydrogens is 282 g/mol. The average molecular weight is 302 g/mol. The van der Waals surface area contributed by atoms with Crippen LogP contribution in [0.2, 0.25) is 5.02 Å². The zero-order chi connectivity index (χ0) is 15.0. The molecule has 2 aromatic rings. The van der Waals surface area contributed by atoms with Gasteiger partial charge in [-0.15, -0.1) is 0 Å². The molecule has 0 radical (unpaired) electrons. The van der Waals surface area contributed by atoms with Gasteiger partial charge in [0.1, 0.15) is 0 Å². The topological polar surface area (TPSA) is 23.5 Å².